The maximum atomic E-state index is 13.2. The van der Waals surface area contributed by atoms with Gasteiger partial charge in [-0.1, -0.05) is 18.2 Å². The normalized spacial score (nSPS) is 11.6. The lowest BCUT2D eigenvalue weighted by molar-refractivity contribution is -0.138. The van der Waals surface area contributed by atoms with Crippen LogP contribution in [0.15, 0.2) is 48.8 Å². The fourth-order valence-electron chi connectivity index (χ4n) is 3.18. The molecule has 166 valence electrons. The smallest absolute Gasteiger partial charge is 0.416 e. The lowest BCUT2D eigenvalue weighted by atomic mass is 10.1. The highest BCUT2D eigenvalue weighted by Crippen LogP contribution is 2.38. The van der Waals surface area contributed by atoms with Gasteiger partial charge in [0.1, 0.15) is 23.7 Å². The Bertz CT molecular complexity index is 1310. The van der Waals surface area contributed by atoms with Gasteiger partial charge in [0.05, 0.1) is 23.7 Å². The van der Waals surface area contributed by atoms with E-state index in [9.17, 15) is 28.2 Å². The Hall–Kier alpha value is -3.73. The molecule has 0 saturated heterocycles. The van der Waals surface area contributed by atoms with E-state index in [0.29, 0.717) is 16.0 Å². The van der Waals surface area contributed by atoms with Gasteiger partial charge in [0.15, 0.2) is 16.4 Å². The highest BCUT2D eigenvalue weighted by molar-refractivity contribution is 7.16. The van der Waals surface area contributed by atoms with Gasteiger partial charge in [0, 0.05) is 23.8 Å². The Morgan fingerprint density at radius 1 is 1.19 bits per heavy atom. The molecule has 11 heteroatoms. The summed E-state index contributed by atoms with van der Waals surface area (Å²) in [6.07, 6.45) is -3.13. The van der Waals surface area contributed by atoms with Crippen LogP contribution in [0.2, 0.25) is 0 Å². The third kappa shape index (κ3) is 3.94. The first-order chi connectivity index (χ1) is 15.2. The first-order valence-electron chi connectivity index (χ1n) is 9.08. The van der Waals surface area contributed by atoms with Gasteiger partial charge in [-0.3, -0.25) is 4.57 Å². The Kier molecular flexibility index (Phi) is 5.43. The molecule has 0 unspecified atom stereocenters. The molecule has 0 fully saturated rings. The van der Waals surface area contributed by atoms with E-state index in [4.69, 9.17) is 9.47 Å². The number of ether oxygens (including phenoxy) is 2. The van der Waals surface area contributed by atoms with Gasteiger partial charge in [-0.05, 0) is 6.07 Å². The Labute approximate surface area is 182 Å². The number of hydrogen-bond acceptors (Lipinski definition) is 6. The van der Waals surface area contributed by atoms with Crippen LogP contribution in [0.1, 0.15) is 20.8 Å². The average Bonchev–Trinajstić information content (AvgIpc) is 3.34. The van der Waals surface area contributed by atoms with Crippen LogP contribution >= 0.6 is 11.3 Å². The van der Waals surface area contributed by atoms with E-state index >= 15 is 0 Å². The zero-order valence-corrected chi connectivity index (χ0v) is 17.2. The van der Waals surface area contributed by atoms with E-state index in [2.05, 4.69) is 4.98 Å². The maximum Gasteiger partial charge on any atom is 0.416 e. The molecule has 2 N–H and O–H groups in total. The Balaban J connectivity index is 1.71. The van der Waals surface area contributed by atoms with E-state index < -0.39 is 24.3 Å². The molecule has 0 saturated carbocycles. The number of aromatic carboxylic acids is 1. The van der Waals surface area contributed by atoms with Crippen LogP contribution in [0.3, 0.4) is 0 Å². The summed E-state index contributed by atoms with van der Waals surface area (Å²) in [5.41, 5.74) is 0.0131. The molecule has 0 aliphatic rings. The molecule has 4 rings (SSSR count). The summed E-state index contributed by atoms with van der Waals surface area (Å²) in [5, 5.41) is 19.9. The van der Waals surface area contributed by atoms with Crippen molar-refractivity contribution in [2.75, 3.05) is 7.11 Å². The molecular formula is C21H15F3N2O5S. The minimum Gasteiger partial charge on any atom is -0.504 e. The third-order valence-electron chi connectivity index (χ3n) is 4.67. The minimum atomic E-state index is -4.56. The van der Waals surface area contributed by atoms with Gasteiger partial charge in [0.25, 0.3) is 0 Å². The number of nitrogens with zero attached hydrogens (tertiary/aromatic N) is 2. The van der Waals surface area contributed by atoms with E-state index in [-0.39, 0.29) is 27.7 Å². The molecule has 32 heavy (non-hydrogen) atoms. The number of carboxylic acids is 1. The van der Waals surface area contributed by atoms with Crippen molar-refractivity contribution in [1.29, 1.82) is 0 Å². The number of imidazole rings is 1. The van der Waals surface area contributed by atoms with E-state index in [1.807, 2.05) is 0 Å². The van der Waals surface area contributed by atoms with Crippen LogP contribution in [0.5, 0.6) is 17.2 Å². The average molecular weight is 464 g/mol. The van der Waals surface area contributed by atoms with Crippen molar-refractivity contribution in [3.63, 3.8) is 0 Å². The number of fused-ring (bicyclic) bond motifs is 1. The van der Waals surface area contributed by atoms with Crippen LogP contribution in [0.4, 0.5) is 13.2 Å². The zero-order valence-electron chi connectivity index (χ0n) is 16.4. The van der Waals surface area contributed by atoms with Gasteiger partial charge in [-0.2, -0.15) is 13.2 Å². The molecule has 7 nitrogen and oxygen atoms in total. The zero-order chi connectivity index (χ0) is 23.0. The molecule has 4 aromatic rings. The van der Waals surface area contributed by atoms with Gasteiger partial charge in [-0.25, -0.2) is 9.78 Å². The van der Waals surface area contributed by atoms with Crippen molar-refractivity contribution >= 4 is 28.3 Å². The lowest BCUT2D eigenvalue weighted by Gasteiger charge is -2.13. The molecule has 2 heterocycles. The van der Waals surface area contributed by atoms with Crippen molar-refractivity contribution in [3.05, 3.63) is 64.8 Å². The quantitative estimate of drug-likeness (QED) is 0.413. The summed E-state index contributed by atoms with van der Waals surface area (Å²) >= 11 is 0.876. The number of benzene rings is 2. The first kappa shape index (κ1) is 21.5. The highest BCUT2D eigenvalue weighted by Gasteiger charge is 2.33. The second-order valence-electron chi connectivity index (χ2n) is 6.65. The van der Waals surface area contributed by atoms with Gasteiger partial charge in [0.2, 0.25) is 0 Å². The number of rotatable bonds is 6. The van der Waals surface area contributed by atoms with Crippen molar-refractivity contribution in [2.24, 2.45) is 0 Å². The summed E-state index contributed by atoms with van der Waals surface area (Å²) in [6, 6.07) is 9.30. The maximum absolute atomic E-state index is 13.2. The molecule has 0 amide bonds. The topological polar surface area (TPSA) is 93.8 Å². The number of hydrogen-bond donors (Lipinski definition) is 2. The Morgan fingerprint density at radius 3 is 2.62 bits per heavy atom. The van der Waals surface area contributed by atoms with Gasteiger partial charge < -0.3 is 19.7 Å². The molecule has 0 radical (unpaired) electrons. The number of aromatic nitrogens is 2. The predicted molar refractivity (Wildman–Crippen MR) is 110 cm³/mol. The number of alkyl halides is 3. The fraction of sp³-hybridized carbons (Fsp3) is 0.143. The van der Waals surface area contributed by atoms with E-state index in [1.165, 1.54) is 49.8 Å². The molecular weight excluding hydrogens is 449 g/mol. The molecule has 0 spiro atoms. The molecule has 0 aliphatic carbocycles. The van der Waals surface area contributed by atoms with Crippen molar-refractivity contribution in [3.8, 4) is 22.2 Å². The minimum absolute atomic E-state index is 0.0675. The van der Waals surface area contributed by atoms with Crippen LogP contribution in [0, 0.1) is 0 Å². The van der Waals surface area contributed by atoms with E-state index in [0.717, 1.165) is 17.4 Å². The number of carboxylic acid groups (broad SMARTS) is 1. The monoisotopic (exact) mass is 464 g/mol. The number of phenolic OH excluding ortho intramolecular Hbond substituents is 1. The summed E-state index contributed by atoms with van der Waals surface area (Å²) in [6.45, 7) is -0.460. The summed E-state index contributed by atoms with van der Waals surface area (Å²) < 4.78 is 51.9. The third-order valence-corrected chi connectivity index (χ3v) is 5.77. The number of carbonyl (C=O) groups is 1. The van der Waals surface area contributed by atoms with Crippen molar-refractivity contribution in [2.45, 2.75) is 12.8 Å². The number of thiophene rings is 1. The fourth-order valence-corrected chi connectivity index (χ4v) is 4.10. The van der Waals surface area contributed by atoms with Crippen molar-refractivity contribution in [1.82, 2.24) is 9.55 Å². The number of aromatic hydroxyl groups is 1. The highest BCUT2D eigenvalue weighted by atomic mass is 32.1. The van der Waals surface area contributed by atoms with Crippen LogP contribution in [-0.2, 0) is 12.8 Å². The number of phenols is 1. The summed E-state index contributed by atoms with van der Waals surface area (Å²) in [5.74, 6) is -1.24. The molecule has 0 atom stereocenters. The van der Waals surface area contributed by atoms with E-state index in [1.54, 1.807) is 4.57 Å². The van der Waals surface area contributed by atoms with Gasteiger partial charge in [-0.15, -0.1) is 11.3 Å². The lowest BCUT2D eigenvalue weighted by Crippen LogP contribution is -2.11. The first-order valence-corrected chi connectivity index (χ1v) is 9.90. The van der Waals surface area contributed by atoms with Crippen LogP contribution < -0.4 is 9.47 Å². The molecule has 2 aromatic carbocycles. The largest absolute Gasteiger partial charge is 0.504 e. The van der Waals surface area contributed by atoms with Crippen LogP contribution in [0.25, 0.3) is 16.0 Å². The van der Waals surface area contributed by atoms with Gasteiger partial charge >= 0.3 is 12.1 Å². The number of methoxy groups -OCH3 is 1. The van der Waals surface area contributed by atoms with Crippen LogP contribution in [-0.4, -0.2) is 32.8 Å². The standard InChI is InChI=1S/C21H15F3N2O5S/c1-30-16-7-14-13(6-15(16)27)25-10-26(14)18-8-17(19(32-18)20(28)29)31-9-11-4-2-3-5-12(11)21(22,23)24/h2-8,10,27H,9H2,1H3,(H,28,29). The SMILES string of the molecule is COc1cc2c(cc1O)ncn2-c1cc(OCc2ccccc2C(F)(F)F)c(C(=O)O)s1. The van der Waals surface area contributed by atoms with Crippen molar-refractivity contribution < 1.29 is 37.7 Å². The molecule has 2 aromatic heterocycles. The summed E-state index contributed by atoms with van der Waals surface area (Å²) in [4.78, 5) is 15.7. The predicted octanol–water partition coefficient (Wildman–Crippen LogP) is 5.10. The Morgan fingerprint density at radius 2 is 1.94 bits per heavy atom. The molecule has 0 bridgehead atoms. The number of halogens is 3. The molecule has 0 aliphatic heterocycles. The summed E-state index contributed by atoms with van der Waals surface area (Å²) in [7, 11) is 1.39. The second-order valence-corrected chi connectivity index (χ2v) is 7.68. The second kappa shape index (κ2) is 8.08.